The number of nitrogens with zero attached hydrogens (tertiary/aromatic N) is 1. The molecule has 1 aromatic rings. The van der Waals surface area contributed by atoms with Crippen molar-refractivity contribution in [3.05, 3.63) is 24.3 Å². The highest BCUT2D eigenvalue weighted by molar-refractivity contribution is 9.10. The van der Waals surface area contributed by atoms with Gasteiger partial charge in [0.15, 0.2) is 0 Å². The molecule has 0 bridgehead atoms. The fourth-order valence-corrected chi connectivity index (χ4v) is 2.03. The number of amides is 1. The van der Waals surface area contributed by atoms with Crippen molar-refractivity contribution in [2.45, 2.75) is 18.2 Å². The van der Waals surface area contributed by atoms with Gasteiger partial charge in [-0.1, -0.05) is 28.1 Å². The molecule has 0 spiro atoms. The first kappa shape index (κ1) is 14.3. The summed E-state index contributed by atoms with van der Waals surface area (Å²) in [7, 11) is 0. The molecule has 1 saturated heterocycles. The summed E-state index contributed by atoms with van der Waals surface area (Å²) in [4.78, 5) is 14.3. The predicted molar refractivity (Wildman–Crippen MR) is 81.1 cm³/mol. The number of nitrogens with one attached hydrogen (secondary N) is 1. The number of alkyl halides is 1. The van der Waals surface area contributed by atoms with Crippen LogP contribution < -0.4 is 10.2 Å². The van der Waals surface area contributed by atoms with Crippen LogP contribution in [0.5, 0.6) is 0 Å². The van der Waals surface area contributed by atoms with Gasteiger partial charge in [0.2, 0.25) is 5.91 Å². The highest BCUT2D eigenvalue weighted by Gasteiger charge is 2.25. The molecule has 4 nitrogen and oxygen atoms in total. The Hall–Kier alpha value is -1.07. The van der Waals surface area contributed by atoms with Crippen molar-refractivity contribution in [2.24, 2.45) is 0 Å². The predicted octanol–water partition coefficient (Wildman–Crippen LogP) is 2.64. The topological polar surface area (TPSA) is 41.6 Å². The average Bonchev–Trinajstić information content (AvgIpc) is 2.39. The van der Waals surface area contributed by atoms with Gasteiger partial charge >= 0.3 is 0 Å². The lowest BCUT2D eigenvalue weighted by molar-refractivity contribution is -0.117. The molecule has 0 radical (unpaired) electrons. The van der Waals surface area contributed by atoms with E-state index in [9.17, 15) is 4.79 Å². The van der Waals surface area contributed by atoms with Gasteiger partial charge in [-0.3, -0.25) is 4.79 Å². The SMILES string of the molecule is CC(C)(Br)C(=O)Nc1ccccc1N1CCOCC1. The van der Waals surface area contributed by atoms with E-state index in [4.69, 9.17) is 4.74 Å². The fraction of sp³-hybridized carbons (Fsp3) is 0.500. The Labute approximate surface area is 122 Å². The summed E-state index contributed by atoms with van der Waals surface area (Å²) in [5.74, 6) is -0.0480. The maximum atomic E-state index is 12.1. The lowest BCUT2D eigenvalue weighted by Gasteiger charge is -2.31. The molecule has 19 heavy (non-hydrogen) atoms. The molecule has 1 aliphatic rings. The Morgan fingerprint density at radius 3 is 2.58 bits per heavy atom. The standard InChI is InChI=1S/C14H19BrN2O2/c1-14(2,15)13(18)16-11-5-3-4-6-12(11)17-7-9-19-10-8-17/h3-6H,7-10H2,1-2H3,(H,16,18). The molecule has 1 aromatic carbocycles. The Morgan fingerprint density at radius 2 is 1.95 bits per heavy atom. The van der Waals surface area contributed by atoms with Crippen molar-refractivity contribution in [2.75, 3.05) is 36.5 Å². The molecular weight excluding hydrogens is 308 g/mol. The largest absolute Gasteiger partial charge is 0.378 e. The molecule has 2 rings (SSSR count). The molecule has 1 amide bonds. The number of morpholine rings is 1. The van der Waals surface area contributed by atoms with Gasteiger partial charge in [0.05, 0.1) is 28.9 Å². The number of ether oxygens (including phenoxy) is 1. The van der Waals surface area contributed by atoms with E-state index in [2.05, 4.69) is 26.1 Å². The third-order valence-electron chi connectivity index (χ3n) is 3.04. The first-order valence-electron chi connectivity index (χ1n) is 6.40. The van der Waals surface area contributed by atoms with Crippen molar-refractivity contribution in [3.8, 4) is 0 Å². The summed E-state index contributed by atoms with van der Waals surface area (Å²) >= 11 is 3.38. The molecule has 0 aliphatic carbocycles. The number of anilines is 2. The summed E-state index contributed by atoms with van der Waals surface area (Å²) in [6, 6.07) is 7.88. The minimum Gasteiger partial charge on any atom is -0.378 e. The van der Waals surface area contributed by atoms with Gasteiger partial charge in [-0.25, -0.2) is 0 Å². The number of hydrogen-bond donors (Lipinski definition) is 1. The van der Waals surface area contributed by atoms with E-state index in [0.29, 0.717) is 0 Å². The van der Waals surface area contributed by atoms with Crippen LogP contribution in [0.15, 0.2) is 24.3 Å². The molecule has 0 atom stereocenters. The molecule has 1 fully saturated rings. The third-order valence-corrected chi connectivity index (χ3v) is 3.40. The second-order valence-corrected chi connectivity index (χ2v) is 7.03. The number of carbonyl (C=O) groups excluding carboxylic acids is 1. The molecular formula is C14H19BrN2O2. The highest BCUT2D eigenvalue weighted by atomic mass is 79.9. The van der Waals surface area contributed by atoms with Gasteiger partial charge in [0, 0.05) is 13.1 Å². The van der Waals surface area contributed by atoms with Crippen molar-refractivity contribution < 1.29 is 9.53 Å². The molecule has 0 unspecified atom stereocenters. The van der Waals surface area contributed by atoms with Gasteiger partial charge in [-0.05, 0) is 26.0 Å². The summed E-state index contributed by atoms with van der Waals surface area (Å²) in [5.41, 5.74) is 1.90. The summed E-state index contributed by atoms with van der Waals surface area (Å²) in [6.07, 6.45) is 0. The van der Waals surface area contributed by atoms with Crippen molar-refractivity contribution in [1.82, 2.24) is 0 Å². The second kappa shape index (κ2) is 5.92. The molecule has 0 aromatic heterocycles. The van der Waals surface area contributed by atoms with Crippen LogP contribution >= 0.6 is 15.9 Å². The quantitative estimate of drug-likeness (QED) is 0.868. The minimum absolute atomic E-state index is 0.0480. The van der Waals surface area contributed by atoms with Crippen molar-refractivity contribution in [3.63, 3.8) is 0 Å². The summed E-state index contributed by atoms with van der Waals surface area (Å²) in [5, 5.41) is 2.98. The zero-order valence-corrected chi connectivity index (χ0v) is 12.9. The van der Waals surface area contributed by atoms with Crippen LogP contribution in [0.25, 0.3) is 0 Å². The van der Waals surface area contributed by atoms with E-state index in [0.717, 1.165) is 37.7 Å². The van der Waals surface area contributed by atoms with Gasteiger partial charge in [-0.2, -0.15) is 0 Å². The zero-order valence-electron chi connectivity index (χ0n) is 11.3. The van der Waals surface area contributed by atoms with Crippen molar-refractivity contribution >= 4 is 33.2 Å². The van der Waals surface area contributed by atoms with Crippen LogP contribution in [0.2, 0.25) is 0 Å². The Bertz CT molecular complexity index is 451. The number of benzene rings is 1. The number of halogens is 1. The van der Waals surface area contributed by atoms with Crippen LogP contribution in [-0.4, -0.2) is 36.5 Å². The van der Waals surface area contributed by atoms with Gasteiger partial charge < -0.3 is 15.0 Å². The first-order chi connectivity index (χ1) is 8.98. The van der Waals surface area contributed by atoms with Crippen molar-refractivity contribution in [1.29, 1.82) is 0 Å². The van der Waals surface area contributed by atoms with E-state index in [1.54, 1.807) is 0 Å². The number of carbonyl (C=O) groups is 1. The van der Waals surface area contributed by atoms with Crippen LogP contribution in [0.1, 0.15) is 13.8 Å². The lowest BCUT2D eigenvalue weighted by Crippen LogP contribution is -2.37. The average molecular weight is 327 g/mol. The smallest absolute Gasteiger partial charge is 0.240 e. The van der Waals surface area contributed by atoms with E-state index >= 15 is 0 Å². The number of rotatable bonds is 3. The Balaban J connectivity index is 2.18. The van der Waals surface area contributed by atoms with E-state index < -0.39 is 4.32 Å². The summed E-state index contributed by atoms with van der Waals surface area (Å²) < 4.78 is 4.78. The van der Waals surface area contributed by atoms with Gasteiger partial charge in [0.25, 0.3) is 0 Å². The third kappa shape index (κ3) is 3.70. The van der Waals surface area contributed by atoms with Crippen LogP contribution in [0.4, 0.5) is 11.4 Å². The number of para-hydroxylation sites is 2. The minimum atomic E-state index is -0.578. The van der Waals surface area contributed by atoms with E-state index in [1.807, 2.05) is 38.1 Å². The summed E-state index contributed by atoms with van der Waals surface area (Å²) in [6.45, 7) is 6.83. The molecule has 1 aliphatic heterocycles. The van der Waals surface area contributed by atoms with Crippen LogP contribution in [0, 0.1) is 0 Å². The zero-order chi connectivity index (χ0) is 13.9. The normalized spacial score (nSPS) is 16.3. The Morgan fingerprint density at radius 1 is 1.32 bits per heavy atom. The maximum Gasteiger partial charge on any atom is 0.240 e. The maximum absolute atomic E-state index is 12.1. The van der Waals surface area contributed by atoms with Crippen LogP contribution in [-0.2, 0) is 9.53 Å². The number of hydrogen-bond acceptors (Lipinski definition) is 3. The van der Waals surface area contributed by atoms with Crippen LogP contribution in [0.3, 0.4) is 0 Å². The molecule has 5 heteroatoms. The monoisotopic (exact) mass is 326 g/mol. The van der Waals surface area contributed by atoms with Gasteiger partial charge in [0.1, 0.15) is 0 Å². The highest BCUT2D eigenvalue weighted by Crippen LogP contribution is 2.28. The molecule has 1 heterocycles. The second-order valence-electron chi connectivity index (χ2n) is 5.04. The van der Waals surface area contributed by atoms with E-state index in [-0.39, 0.29) is 5.91 Å². The molecule has 0 saturated carbocycles. The van der Waals surface area contributed by atoms with E-state index in [1.165, 1.54) is 0 Å². The molecule has 1 N–H and O–H groups in total. The fourth-order valence-electron chi connectivity index (χ4n) is 1.93. The first-order valence-corrected chi connectivity index (χ1v) is 7.20. The Kier molecular flexibility index (Phi) is 4.47. The lowest BCUT2D eigenvalue weighted by atomic mass is 10.1. The molecule has 104 valence electrons. The van der Waals surface area contributed by atoms with Gasteiger partial charge in [-0.15, -0.1) is 0 Å².